The normalized spacial score (nSPS) is 16.4. The molecule has 23 heavy (non-hydrogen) atoms. The highest BCUT2D eigenvalue weighted by atomic mass is 32.2. The van der Waals surface area contributed by atoms with Crippen LogP contribution in [0.3, 0.4) is 0 Å². The van der Waals surface area contributed by atoms with Crippen LogP contribution in [0.5, 0.6) is 0 Å². The zero-order valence-electron chi connectivity index (χ0n) is 13.3. The van der Waals surface area contributed by atoms with Gasteiger partial charge < -0.3 is 9.80 Å². The van der Waals surface area contributed by atoms with E-state index >= 15 is 0 Å². The van der Waals surface area contributed by atoms with E-state index in [1.165, 1.54) is 12.1 Å². The molecule has 1 aromatic carbocycles. The van der Waals surface area contributed by atoms with Crippen LogP contribution in [0.1, 0.15) is 12.8 Å². The van der Waals surface area contributed by atoms with Crippen molar-refractivity contribution in [1.82, 2.24) is 9.62 Å². The summed E-state index contributed by atoms with van der Waals surface area (Å²) in [5, 5.41) is 0. The van der Waals surface area contributed by atoms with E-state index in [0.29, 0.717) is 0 Å². The molecule has 0 radical (unpaired) electrons. The molecule has 1 aliphatic heterocycles. The lowest BCUT2D eigenvalue weighted by Crippen LogP contribution is -2.48. The molecular formula is C15H22FN3O3S. The number of sulfonamides is 1. The summed E-state index contributed by atoms with van der Waals surface area (Å²) >= 11 is 0. The Morgan fingerprint density at radius 2 is 1.87 bits per heavy atom. The second-order valence-electron chi connectivity index (χ2n) is 5.79. The van der Waals surface area contributed by atoms with Crippen molar-refractivity contribution in [2.24, 2.45) is 0 Å². The van der Waals surface area contributed by atoms with E-state index in [0.717, 1.165) is 37.9 Å². The Bertz CT molecular complexity index is 640. The number of likely N-dealkylation sites (N-methyl/N-ethyl adjacent to an activating group) is 1. The molecule has 128 valence electrons. The molecule has 0 unspecified atom stereocenters. The summed E-state index contributed by atoms with van der Waals surface area (Å²) in [4.78, 5) is 15.8. The summed E-state index contributed by atoms with van der Waals surface area (Å²) in [6, 6.07) is 6.46. The van der Waals surface area contributed by atoms with Crippen LogP contribution in [0, 0.1) is 5.82 Å². The van der Waals surface area contributed by atoms with Crippen molar-refractivity contribution in [1.29, 1.82) is 0 Å². The van der Waals surface area contributed by atoms with Crippen molar-refractivity contribution in [2.75, 3.05) is 37.8 Å². The van der Waals surface area contributed by atoms with E-state index in [2.05, 4.69) is 9.62 Å². The van der Waals surface area contributed by atoms with E-state index in [1.807, 2.05) is 0 Å². The van der Waals surface area contributed by atoms with E-state index < -0.39 is 10.0 Å². The monoisotopic (exact) mass is 343 g/mol. The molecule has 0 aliphatic carbocycles. The van der Waals surface area contributed by atoms with Crippen molar-refractivity contribution >= 4 is 21.6 Å². The number of carbonyl (C=O) groups excluding carboxylic acids is 1. The molecule has 0 saturated carbocycles. The van der Waals surface area contributed by atoms with Gasteiger partial charge in [0.1, 0.15) is 5.82 Å². The molecule has 2 rings (SSSR count). The Balaban J connectivity index is 1.85. The van der Waals surface area contributed by atoms with E-state index in [1.54, 1.807) is 24.1 Å². The smallest absolute Gasteiger partial charge is 0.237 e. The number of amides is 1. The largest absolute Gasteiger partial charge is 0.371 e. The summed E-state index contributed by atoms with van der Waals surface area (Å²) < 4.78 is 37.3. The first-order valence-electron chi connectivity index (χ1n) is 7.47. The van der Waals surface area contributed by atoms with Crippen LogP contribution in [-0.4, -0.2) is 58.2 Å². The van der Waals surface area contributed by atoms with Gasteiger partial charge in [-0.1, -0.05) is 0 Å². The van der Waals surface area contributed by atoms with Crippen LogP contribution in [0.25, 0.3) is 0 Å². The fourth-order valence-corrected chi connectivity index (χ4v) is 3.07. The molecular weight excluding hydrogens is 321 g/mol. The van der Waals surface area contributed by atoms with Gasteiger partial charge in [-0.15, -0.1) is 0 Å². The highest BCUT2D eigenvalue weighted by Crippen LogP contribution is 2.22. The average Bonchev–Trinajstić information content (AvgIpc) is 2.52. The van der Waals surface area contributed by atoms with Crippen molar-refractivity contribution < 1.29 is 17.6 Å². The number of piperidine rings is 1. The number of carbonyl (C=O) groups is 1. The first-order valence-corrected chi connectivity index (χ1v) is 9.36. The maximum Gasteiger partial charge on any atom is 0.237 e. The maximum absolute atomic E-state index is 13.0. The van der Waals surface area contributed by atoms with E-state index in [9.17, 15) is 17.6 Å². The van der Waals surface area contributed by atoms with Gasteiger partial charge in [0, 0.05) is 31.9 Å². The molecule has 1 saturated heterocycles. The molecule has 1 heterocycles. The minimum absolute atomic E-state index is 0.0839. The molecule has 1 aromatic rings. The number of hydrogen-bond donors (Lipinski definition) is 1. The number of nitrogens with zero attached hydrogens (tertiary/aromatic N) is 2. The Hall–Kier alpha value is -1.67. The molecule has 0 bridgehead atoms. The standard InChI is InChI=1S/C15H22FN3O3S/c1-18(15(20)11-17-23(2,21)22)13-7-9-19(10-8-13)14-5-3-12(16)4-6-14/h3-6,13,17H,7-11H2,1-2H3. The summed E-state index contributed by atoms with van der Waals surface area (Å²) in [6.07, 6.45) is 2.61. The van der Waals surface area contributed by atoms with E-state index in [4.69, 9.17) is 0 Å². The fourth-order valence-electron chi connectivity index (χ4n) is 2.68. The second-order valence-corrected chi connectivity index (χ2v) is 7.63. The molecule has 0 spiro atoms. The predicted molar refractivity (Wildman–Crippen MR) is 87.3 cm³/mol. The maximum atomic E-state index is 13.0. The van der Waals surface area contributed by atoms with Gasteiger partial charge in [-0.3, -0.25) is 4.79 Å². The van der Waals surface area contributed by atoms with Crippen LogP contribution in [0.4, 0.5) is 10.1 Å². The molecule has 6 nitrogen and oxygen atoms in total. The third kappa shape index (κ3) is 5.18. The number of benzene rings is 1. The van der Waals surface area contributed by atoms with Crippen LogP contribution >= 0.6 is 0 Å². The Morgan fingerprint density at radius 3 is 2.39 bits per heavy atom. The first-order chi connectivity index (χ1) is 10.8. The topological polar surface area (TPSA) is 69.7 Å². The van der Waals surface area contributed by atoms with Crippen molar-refractivity contribution in [2.45, 2.75) is 18.9 Å². The Kier molecular flexibility index (Phi) is 5.59. The molecule has 1 N–H and O–H groups in total. The van der Waals surface area contributed by atoms with Gasteiger partial charge in [-0.05, 0) is 37.1 Å². The third-order valence-electron chi connectivity index (χ3n) is 4.08. The van der Waals surface area contributed by atoms with Gasteiger partial charge in [0.25, 0.3) is 0 Å². The molecule has 0 atom stereocenters. The van der Waals surface area contributed by atoms with Gasteiger partial charge in [0.15, 0.2) is 0 Å². The summed E-state index contributed by atoms with van der Waals surface area (Å²) in [5.41, 5.74) is 0.970. The van der Waals surface area contributed by atoms with Crippen molar-refractivity contribution in [3.8, 4) is 0 Å². The number of anilines is 1. The molecule has 0 aromatic heterocycles. The van der Waals surface area contributed by atoms with Crippen LogP contribution in [0.2, 0.25) is 0 Å². The predicted octanol–water partition coefficient (Wildman–Crippen LogP) is 0.802. The quantitative estimate of drug-likeness (QED) is 0.859. The van der Waals surface area contributed by atoms with Crippen molar-refractivity contribution in [3.05, 3.63) is 30.1 Å². The summed E-state index contributed by atoms with van der Waals surface area (Å²) in [6.45, 7) is 1.33. The van der Waals surface area contributed by atoms with Gasteiger partial charge in [0.05, 0.1) is 12.8 Å². The van der Waals surface area contributed by atoms with Crippen LogP contribution in [0.15, 0.2) is 24.3 Å². The molecule has 1 aliphatic rings. The lowest BCUT2D eigenvalue weighted by Gasteiger charge is -2.37. The molecule has 1 amide bonds. The number of halogens is 1. The van der Waals surface area contributed by atoms with Crippen LogP contribution < -0.4 is 9.62 Å². The fraction of sp³-hybridized carbons (Fsp3) is 0.533. The van der Waals surface area contributed by atoms with Crippen molar-refractivity contribution in [3.63, 3.8) is 0 Å². The molecule has 8 heteroatoms. The average molecular weight is 343 g/mol. The Labute approximate surface area is 136 Å². The zero-order valence-corrected chi connectivity index (χ0v) is 14.1. The highest BCUT2D eigenvalue weighted by Gasteiger charge is 2.25. The Morgan fingerprint density at radius 1 is 1.30 bits per heavy atom. The van der Waals surface area contributed by atoms with Crippen LogP contribution in [-0.2, 0) is 14.8 Å². The third-order valence-corrected chi connectivity index (χ3v) is 4.75. The lowest BCUT2D eigenvalue weighted by atomic mass is 10.0. The second kappa shape index (κ2) is 7.27. The molecule has 1 fully saturated rings. The van der Waals surface area contributed by atoms with Gasteiger partial charge in [-0.2, -0.15) is 0 Å². The number of nitrogens with one attached hydrogen (secondary N) is 1. The highest BCUT2D eigenvalue weighted by molar-refractivity contribution is 7.88. The minimum Gasteiger partial charge on any atom is -0.371 e. The zero-order chi connectivity index (χ0) is 17.0. The SMILES string of the molecule is CN(C(=O)CNS(C)(=O)=O)C1CCN(c2ccc(F)cc2)CC1. The summed E-state index contributed by atoms with van der Waals surface area (Å²) in [5.74, 6) is -0.497. The van der Waals surface area contributed by atoms with Gasteiger partial charge >= 0.3 is 0 Å². The lowest BCUT2D eigenvalue weighted by molar-refractivity contribution is -0.131. The number of hydrogen-bond acceptors (Lipinski definition) is 4. The minimum atomic E-state index is -3.37. The van der Waals surface area contributed by atoms with Gasteiger partial charge in [-0.25, -0.2) is 17.5 Å². The van der Waals surface area contributed by atoms with Gasteiger partial charge in [0.2, 0.25) is 15.9 Å². The summed E-state index contributed by atoms with van der Waals surface area (Å²) in [7, 11) is -1.67. The van der Waals surface area contributed by atoms with E-state index in [-0.39, 0.29) is 24.3 Å². The first kappa shape index (κ1) is 17.7. The number of rotatable bonds is 5.